The van der Waals surface area contributed by atoms with E-state index in [0.29, 0.717) is 0 Å². The predicted octanol–water partition coefficient (Wildman–Crippen LogP) is 1.21. The maximum absolute atomic E-state index is 5.05. The highest BCUT2D eigenvalue weighted by Gasteiger charge is 2.12. The van der Waals surface area contributed by atoms with E-state index in [9.17, 15) is 0 Å². The molecular formula is C15H30N6O. The number of hydrogen-bond acceptors (Lipinski definition) is 4. The monoisotopic (exact) mass is 310 g/mol. The summed E-state index contributed by atoms with van der Waals surface area (Å²) in [6.07, 6.45) is 3.57. The third-order valence-electron chi connectivity index (χ3n) is 2.93. The molecule has 7 nitrogen and oxygen atoms in total. The summed E-state index contributed by atoms with van der Waals surface area (Å²) >= 11 is 0. The lowest BCUT2D eigenvalue weighted by Crippen LogP contribution is -2.48. The number of aliphatic imine (C=N–C) groups is 1. The molecule has 0 aliphatic rings. The molecule has 0 unspecified atom stereocenters. The number of hydrogen-bond donors (Lipinski definition) is 2. The van der Waals surface area contributed by atoms with Crippen LogP contribution in [0.1, 0.15) is 39.9 Å². The molecule has 0 saturated heterocycles. The molecule has 0 fully saturated rings. The van der Waals surface area contributed by atoms with Gasteiger partial charge in [-0.3, -0.25) is 4.99 Å². The fraction of sp³-hybridized carbons (Fsp3) is 0.800. The summed E-state index contributed by atoms with van der Waals surface area (Å²) in [6, 6.07) is 0. The van der Waals surface area contributed by atoms with Crippen molar-refractivity contribution in [2.45, 2.75) is 52.6 Å². The van der Waals surface area contributed by atoms with Gasteiger partial charge in [-0.1, -0.05) is 6.92 Å². The number of guanidine groups is 1. The lowest BCUT2D eigenvalue weighted by Gasteiger charge is -2.24. The van der Waals surface area contributed by atoms with Crippen LogP contribution >= 0.6 is 0 Å². The van der Waals surface area contributed by atoms with E-state index in [1.807, 2.05) is 0 Å². The molecule has 0 aliphatic carbocycles. The summed E-state index contributed by atoms with van der Waals surface area (Å²) in [6.45, 7) is 11.5. The van der Waals surface area contributed by atoms with Crippen molar-refractivity contribution in [2.24, 2.45) is 4.99 Å². The van der Waals surface area contributed by atoms with Crippen LogP contribution in [0.15, 0.2) is 11.3 Å². The topological polar surface area (TPSA) is 76.4 Å². The second-order valence-corrected chi connectivity index (χ2v) is 6.17. The van der Waals surface area contributed by atoms with Gasteiger partial charge < -0.3 is 19.9 Å². The Hall–Kier alpha value is -1.63. The van der Waals surface area contributed by atoms with Gasteiger partial charge in [-0.25, -0.2) is 0 Å². The third kappa shape index (κ3) is 7.40. The molecule has 126 valence electrons. The number of aryl methyl sites for hydroxylation is 1. The SMILES string of the molecule is CCc1nncn1CCNC(=NCCCOC)NC(C)(C)C. The van der Waals surface area contributed by atoms with Crippen LogP contribution in [-0.2, 0) is 17.7 Å². The van der Waals surface area contributed by atoms with Gasteiger partial charge in [-0.05, 0) is 27.2 Å². The highest BCUT2D eigenvalue weighted by atomic mass is 16.5. The van der Waals surface area contributed by atoms with Crippen molar-refractivity contribution in [3.05, 3.63) is 12.2 Å². The fourth-order valence-electron chi connectivity index (χ4n) is 1.93. The van der Waals surface area contributed by atoms with Crippen molar-refractivity contribution < 1.29 is 4.74 Å². The predicted molar refractivity (Wildman–Crippen MR) is 89.1 cm³/mol. The molecule has 1 aromatic rings. The van der Waals surface area contributed by atoms with Crippen LogP contribution in [0.25, 0.3) is 0 Å². The Kier molecular flexibility index (Phi) is 7.87. The van der Waals surface area contributed by atoms with Crippen molar-refractivity contribution in [1.82, 2.24) is 25.4 Å². The fourth-order valence-corrected chi connectivity index (χ4v) is 1.93. The highest BCUT2D eigenvalue weighted by molar-refractivity contribution is 5.80. The Morgan fingerprint density at radius 1 is 1.41 bits per heavy atom. The van der Waals surface area contributed by atoms with Gasteiger partial charge in [0, 0.05) is 45.3 Å². The summed E-state index contributed by atoms with van der Waals surface area (Å²) in [5.41, 5.74) is -0.0295. The van der Waals surface area contributed by atoms with Crippen LogP contribution < -0.4 is 10.6 Å². The highest BCUT2D eigenvalue weighted by Crippen LogP contribution is 1.99. The normalized spacial score (nSPS) is 12.5. The molecule has 0 atom stereocenters. The van der Waals surface area contributed by atoms with Crippen LogP contribution in [0.5, 0.6) is 0 Å². The first kappa shape index (κ1) is 18.4. The zero-order valence-corrected chi connectivity index (χ0v) is 14.5. The molecule has 0 spiro atoms. The number of methoxy groups -OCH3 is 1. The smallest absolute Gasteiger partial charge is 0.191 e. The van der Waals surface area contributed by atoms with E-state index in [-0.39, 0.29) is 5.54 Å². The molecule has 2 N–H and O–H groups in total. The van der Waals surface area contributed by atoms with Crippen LogP contribution in [-0.4, -0.2) is 53.1 Å². The van der Waals surface area contributed by atoms with E-state index in [0.717, 1.165) is 50.9 Å². The molecule has 22 heavy (non-hydrogen) atoms. The van der Waals surface area contributed by atoms with E-state index >= 15 is 0 Å². The lowest BCUT2D eigenvalue weighted by atomic mass is 10.1. The zero-order chi connectivity index (χ0) is 16.4. The molecule has 7 heteroatoms. The third-order valence-corrected chi connectivity index (χ3v) is 2.93. The first-order valence-electron chi connectivity index (χ1n) is 7.88. The first-order chi connectivity index (χ1) is 10.5. The first-order valence-corrected chi connectivity index (χ1v) is 7.88. The van der Waals surface area contributed by atoms with Crippen LogP contribution in [0.2, 0.25) is 0 Å². The molecule has 1 aromatic heterocycles. The van der Waals surface area contributed by atoms with Crippen molar-refractivity contribution in [3.63, 3.8) is 0 Å². The number of aromatic nitrogens is 3. The molecule has 0 aliphatic heterocycles. The van der Waals surface area contributed by atoms with E-state index in [1.165, 1.54) is 0 Å². The van der Waals surface area contributed by atoms with Gasteiger partial charge in [-0.15, -0.1) is 10.2 Å². The van der Waals surface area contributed by atoms with Crippen LogP contribution in [0, 0.1) is 0 Å². The summed E-state index contributed by atoms with van der Waals surface area (Å²) in [4.78, 5) is 4.58. The van der Waals surface area contributed by atoms with Gasteiger partial charge in [0.25, 0.3) is 0 Å². The Morgan fingerprint density at radius 3 is 2.82 bits per heavy atom. The average molecular weight is 310 g/mol. The zero-order valence-electron chi connectivity index (χ0n) is 14.5. The van der Waals surface area contributed by atoms with E-state index in [4.69, 9.17) is 4.74 Å². The quantitative estimate of drug-likeness (QED) is 0.429. The Labute approximate surface area is 133 Å². The van der Waals surface area contributed by atoms with E-state index in [2.05, 4.69) is 58.1 Å². The van der Waals surface area contributed by atoms with Crippen molar-refractivity contribution in [1.29, 1.82) is 0 Å². The molecule has 1 rings (SSSR count). The van der Waals surface area contributed by atoms with E-state index < -0.39 is 0 Å². The summed E-state index contributed by atoms with van der Waals surface area (Å²) in [5.74, 6) is 1.83. The Bertz CT molecular complexity index is 449. The minimum atomic E-state index is -0.0295. The maximum atomic E-state index is 5.05. The van der Waals surface area contributed by atoms with Crippen LogP contribution in [0.3, 0.4) is 0 Å². The van der Waals surface area contributed by atoms with Gasteiger partial charge in [0.05, 0.1) is 0 Å². The molecule has 1 heterocycles. The molecular weight excluding hydrogens is 280 g/mol. The largest absolute Gasteiger partial charge is 0.385 e. The second kappa shape index (κ2) is 9.40. The molecule has 0 aromatic carbocycles. The van der Waals surface area contributed by atoms with Gasteiger partial charge in [0.1, 0.15) is 12.2 Å². The Morgan fingerprint density at radius 2 is 2.18 bits per heavy atom. The molecule has 0 bridgehead atoms. The molecule has 0 amide bonds. The van der Waals surface area contributed by atoms with E-state index in [1.54, 1.807) is 13.4 Å². The Balaban J connectivity index is 2.49. The minimum Gasteiger partial charge on any atom is -0.385 e. The summed E-state index contributed by atoms with van der Waals surface area (Å²) in [7, 11) is 1.71. The second-order valence-electron chi connectivity index (χ2n) is 6.17. The van der Waals surface area contributed by atoms with Crippen molar-refractivity contribution in [2.75, 3.05) is 26.8 Å². The summed E-state index contributed by atoms with van der Waals surface area (Å²) in [5, 5.41) is 14.8. The molecule has 0 radical (unpaired) electrons. The van der Waals surface area contributed by atoms with Crippen molar-refractivity contribution >= 4 is 5.96 Å². The maximum Gasteiger partial charge on any atom is 0.191 e. The number of nitrogens with one attached hydrogen (secondary N) is 2. The van der Waals surface area contributed by atoms with Crippen LogP contribution in [0.4, 0.5) is 0 Å². The standard InChI is InChI=1S/C15H30N6O/c1-6-13-20-18-12-21(13)10-9-17-14(19-15(2,3)4)16-8-7-11-22-5/h12H,6-11H2,1-5H3,(H2,16,17,19). The van der Waals surface area contributed by atoms with Gasteiger partial charge >= 0.3 is 0 Å². The van der Waals surface area contributed by atoms with Gasteiger partial charge in [0.15, 0.2) is 5.96 Å². The number of nitrogens with zero attached hydrogens (tertiary/aromatic N) is 4. The summed E-state index contributed by atoms with van der Waals surface area (Å²) < 4.78 is 7.12. The minimum absolute atomic E-state index is 0.0295. The van der Waals surface area contributed by atoms with Gasteiger partial charge in [0.2, 0.25) is 0 Å². The number of ether oxygens (including phenoxy) is 1. The lowest BCUT2D eigenvalue weighted by molar-refractivity contribution is 0.197. The molecule has 0 saturated carbocycles. The number of rotatable bonds is 8. The average Bonchev–Trinajstić information content (AvgIpc) is 2.89. The van der Waals surface area contributed by atoms with Gasteiger partial charge in [-0.2, -0.15) is 0 Å². The van der Waals surface area contributed by atoms with Crippen molar-refractivity contribution in [3.8, 4) is 0 Å².